The van der Waals surface area contributed by atoms with E-state index in [0.29, 0.717) is 10.7 Å². The number of nitrogens with zero attached hydrogens (tertiary/aromatic N) is 3. The second-order valence-electron chi connectivity index (χ2n) is 5.99. The summed E-state index contributed by atoms with van der Waals surface area (Å²) < 4.78 is 0. The normalized spacial score (nSPS) is 19.8. The molecule has 0 bridgehead atoms. The minimum absolute atomic E-state index is 0.0778. The van der Waals surface area contributed by atoms with E-state index in [2.05, 4.69) is 27.1 Å². The van der Waals surface area contributed by atoms with Crippen molar-refractivity contribution in [3.05, 3.63) is 4.88 Å². The van der Waals surface area contributed by atoms with Crippen LogP contribution in [0.5, 0.6) is 0 Å². The SMILES string of the molecule is CN1CCN(c2nc(N)c(C(=O)NCCC3CC3)s2)CC1. The third-order valence-electron chi connectivity index (χ3n) is 4.16. The number of rotatable bonds is 5. The molecule has 1 saturated carbocycles. The van der Waals surface area contributed by atoms with Gasteiger partial charge in [0.1, 0.15) is 10.7 Å². The van der Waals surface area contributed by atoms with Gasteiger partial charge >= 0.3 is 0 Å². The number of hydrogen-bond donors (Lipinski definition) is 2. The Balaban J connectivity index is 1.58. The molecule has 0 unspecified atom stereocenters. The van der Waals surface area contributed by atoms with Crippen LogP contribution < -0.4 is 16.0 Å². The zero-order chi connectivity index (χ0) is 14.8. The quantitative estimate of drug-likeness (QED) is 0.849. The molecule has 0 radical (unpaired) electrons. The Morgan fingerprint density at radius 1 is 1.38 bits per heavy atom. The highest BCUT2D eigenvalue weighted by molar-refractivity contribution is 7.18. The van der Waals surface area contributed by atoms with Gasteiger partial charge in [-0.1, -0.05) is 24.2 Å². The van der Waals surface area contributed by atoms with Gasteiger partial charge in [-0.15, -0.1) is 0 Å². The summed E-state index contributed by atoms with van der Waals surface area (Å²) in [5.74, 6) is 1.11. The fraction of sp³-hybridized carbons (Fsp3) is 0.714. The lowest BCUT2D eigenvalue weighted by Crippen LogP contribution is -2.44. The van der Waals surface area contributed by atoms with Crippen molar-refractivity contribution in [2.75, 3.05) is 50.4 Å². The Morgan fingerprint density at radius 3 is 2.76 bits per heavy atom. The lowest BCUT2D eigenvalue weighted by molar-refractivity contribution is 0.0957. The number of thiazole rings is 1. The molecular formula is C14H23N5OS. The lowest BCUT2D eigenvalue weighted by atomic mass is 10.3. The smallest absolute Gasteiger partial charge is 0.265 e. The van der Waals surface area contributed by atoms with Gasteiger partial charge in [0.15, 0.2) is 5.13 Å². The molecule has 1 amide bonds. The molecule has 0 aromatic carbocycles. The summed E-state index contributed by atoms with van der Waals surface area (Å²) in [6, 6.07) is 0. The maximum atomic E-state index is 12.2. The maximum absolute atomic E-state index is 12.2. The van der Waals surface area contributed by atoms with E-state index in [1.165, 1.54) is 24.2 Å². The van der Waals surface area contributed by atoms with Crippen LogP contribution in [0.3, 0.4) is 0 Å². The number of likely N-dealkylation sites (N-methyl/N-ethyl adjacent to an activating group) is 1. The number of carbonyl (C=O) groups excluding carboxylic acids is 1. The predicted molar refractivity (Wildman–Crippen MR) is 85.9 cm³/mol. The number of anilines is 2. The van der Waals surface area contributed by atoms with E-state index < -0.39 is 0 Å². The third kappa shape index (κ3) is 3.65. The molecule has 2 aliphatic rings. The van der Waals surface area contributed by atoms with Gasteiger partial charge in [0.25, 0.3) is 5.91 Å². The van der Waals surface area contributed by atoms with Crippen molar-refractivity contribution < 1.29 is 4.79 Å². The molecule has 3 rings (SSSR count). The van der Waals surface area contributed by atoms with Gasteiger partial charge in [0, 0.05) is 32.7 Å². The average Bonchev–Trinajstić information content (AvgIpc) is 3.20. The van der Waals surface area contributed by atoms with E-state index in [1.54, 1.807) is 0 Å². The number of nitrogens with one attached hydrogen (secondary N) is 1. The van der Waals surface area contributed by atoms with Crippen molar-refractivity contribution in [3.63, 3.8) is 0 Å². The van der Waals surface area contributed by atoms with Crippen LogP contribution in [0, 0.1) is 5.92 Å². The second-order valence-corrected chi connectivity index (χ2v) is 6.97. The van der Waals surface area contributed by atoms with Crippen molar-refractivity contribution in [2.45, 2.75) is 19.3 Å². The van der Waals surface area contributed by atoms with Gasteiger partial charge < -0.3 is 20.9 Å². The van der Waals surface area contributed by atoms with Crippen LogP contribution in [0.1, 0.15) is 28.9 Å². The van der Waals surface area contributed by atoms with Gasteiger partial charge in [-0.25, -0.2) is 4.98 Å². The first-order valence-electron chi connectivity index (χ1n) is 7.61. The van der Waals surface area contributed by atoms with Crippen molar-refractivity contribution in [2.24, 2.45) is 5.92 Å². The van der Waals surface area contributed by atoms with Crippen LogP contribution >= 0.6 is 11.3 Å². The molecule has 1 saturated heterocycles. The molecule has 2 heterocycles. The first kappa shape index (κ1) is 14.6. The Hall–Kier alpha value is -1.34. The second kappa shape index (κ2) is 6.19. The summed E-state index contributed by atoms with van der Waals surface area (Å²) in [4.78, 5) is 21.6. The first-order valence-corrected chi connectivity index (χ1v) is 8.43. The molecule has 1 aliphatic heterocycles. The van der Waals surface area contributed by atoms with Crippen LogP contribution in [0.25, 0.3) is 0 Å². The van der Waals surface area contributed by atoms with Crippen LogP contribution in [0.15, 0.2) is 0 Å². The zero-order valence-corrected chi connectivity index (χ0v) is 13.3. The van der Waals surface area contributed by atoms with Crippen molar-refractivity contribution in [1.82, 2.24) is 15.2 Å². The summed E-state index contributed by atoms with van der Waals surface area (Å²) in [6.07, 6.45) is 3.70. The topological polar surface area (TPSA) is 74.5 Å². The summed E-state index contributed by atoms with van der Waals surface area (Å²) in [5, 5.41) is 3.83. The van der Waals surface area contributed by atoms with Crippen molar-refractivity contribution in [3.8, 4) is 0 Å². The van der Waals surface area contributed by atoms with E-state index >= 15 is 0 Å². The number of hydrogen-bond acceptors (Lipinski definition) is 6. The van der Waals surface area contributed by atoms with Crippen LogP contribution in [0.2, 0.25) is 0 Å². The number of carbonyl (C=O) groups is 1. The Bertz CT molecular complexity index is 505. The van der Waals surface area contributed by atoms with E-state index in [9.17, 15) is 4.79 Å². The van der Waals surface area contributed by atoms with E-state index in [0.717, 1.165) is 50.2 Å². The van der Waals surface area contributed by atoms with E-state index in [1.807, 2.05) is 0 Å². The van der Waals surface area contributed by atoms with Gasteiger partial charge in [0.05, 0.1) is 0 Å². The first-order chi connectivity index (χ1) is 10.1. The minimum Gasteiger partial charge on any atom is -0.382 e. The van der Waals surface area contributed by atoms with Crippen molar-refractivity contribution in [1.29, 1.82) is 0 Å². The molecule has 1 aromatic rings. The van der Waals surface area contributed by atoms with Gasteiger partial charge in [0.2, 0.25) is 0 Å². The highest BCUT2D eigenvalue weighted by Gasteiger charge is 2.23. The molecule has 2 fully saturated rings. The highest BCUT2D eigenvalue weighted by atomic mass is 32.1. The van der Waals surface area contributed by atoms with E-state index in [-0.39, 0.29) is 5.91 Å². The average molecular weight is 309 g/mol. The number of nitrogen functional groups attached to an aromatic ring is 1. The lowest BCUT2D eigenvalue weighted by Gasteiger charge is -2.31. The maximum Gasteiger partial charge on any atom is 0.265 e. The fourth-order valence-corrected chi connectivity index (χ4v) is 3.45. The number of piperazine rings is 1. The predicted octanol–water partition coefficient (Wildman–Crippen LogP) is 1.01. The minimum atomic E-state index is -0.0778. The molecule has 1 aliphatic carbocycles. The molecule has 0 spiro atoms. The van der Waals surface area contributed by atoms with Crippen LogP contribution in [-0.4, -0.2) is 55.6 Å². The van der Waals surface area contributed by atoms with Crippen molar-refractivity contribution >= 4 is 28.2 Å². The van der Waals surface area contributed by atoms with Gasteiger partial charge in [-0.05, 0) is 19.4 Å². The Labute approximate surface area is 129 Å². The molecule has 7 heteroatoms. The summed E-state index contributed by atoms with van der Waals surface area (Å²) >= 11 is 1.41. The van der Waals surface area contributed by atoms with Crippen LogP contribution in [0.4, 0.5) is 10.9 Å². The number of aromatic nitrogens is 1. The standard InChI is InChI=1S/C14H23N5OS/c1-18-6-8-19(9-7-18)14-17-12(15)11(21-14)13(20)16-5-4-10-2-3-10/h10H,2-9,15H2,1H3,(H,16,20). The van der Waals surface area contributed by atoms with Crippen LogP contribution in [-0.2, 0) is 0 Å². The Morgan fingerprint density at radius 2 is 2.10 bits per heavy atom. The molecule has 6 nitrogen and oxygen atoms in total. The molecule has 3 N–H and O–H groups in total. The number of amides is 1. The zero-order valence-electron chi connectivity index (χ0n) is 12.5. The van der Waals surface area contributed by atoms with E-state index in [4.69, 9.17) is 5.73 Å². The number of nitrogens with two attached hydrogens (primary N) is 1. The molecule has 21 heavy (non-hydrogen) atoms. The Kier molecular flexibility index (Phi) is 4.30. The summed E-state index contributed by atoms with van der Waals surface area (Å²) in [7, 11) is 2.12. The third-order valence-corrected chi connectivity index (χ3v) is 5.29. The fourth-order valence-electron chi connectivity index (χ4n) is 2.49. The summed E-state index contributed by atoms with van der Waals surface area (Å²) in [6.45, 7) is 4.65. The van der Waals surface area contributed by atoms with Gasteiger partial charge in [-0.3, -0.25) is 4.79 Å². The monoisotopic (exact) mass is 309 g/mol. The molecule has 116 valence electrons. The molecular weight excluding hydrogens is 286 g/mol. The summed E-state index contributed by atoms with van der Waals surface area (Å²) in [5.41, 5.74) is 5.92. The molecule has 1 aromatic heterocycles. The highest BCUT2D eigenvalue weighted by Crippen LogP contribution is 2.32. The van der Waals surface area contributed by atoms with Gasteiger partial charge in [-0.2, -0.15) is 0 Å². The largest absolute Gasteiger partial charge is 0.382 e. The molecule has 0 atom stereocenters.